The van der Waals surface area contributed by atoms with Gasteiger partial charge in [0, 0.05) is 6.04 Å². The average molecular weight is 197 g/mol. The Bertz CT molecular complexity index is 326. The molecule has 76 valence electrons. The molecule has 0 saturated heterocycles. The molecule has 2 rings (SSSR count). The molecule has 14 heavy (non-hydrogen) atoms. The zero-order chi connectivity index (χ0) is 9.97. The monoisotopic (exact) mass is 197 g/mol. The summed E-state index contributed by atoms with van der Waals surface area (Å²) in [6.07, 6.45) is 4.42. The topological polar surface area (TPSA) is 75.9 Å². The number of hydrazine groups is 1. The van der Waals surface area contributed by atoms with Crippen molar-refractivity contribution in [1.29, 1.82) is 0 Å². The van der Waals surface area contributed by atoms with Crippen LogP contribution in [0.3, 0.4) is 0 Å². The van der Waals surface area contributed by atoms with Crippen molar-refractivity contribution in [3.63, 3.8) is 0 Å². The van der Waals surface area contributed by atoms with Gasteiger partial charge in [0.05, 0.1) is 6.20 Å². The third kappa shape index (κ3) is 1.74. The smallest absolute Gasteiger partial charge is 0.239 e. The van der Waals surface area contributed by atoms with Gasteiger partial charge in [-0.2, -0.15) is 4.98 Å². The Morgan fingerprint density at radius 1 is 1.50 bits per heavy atom. The third-order valence-electron chi connectivity index (χ3n) is 2.32. The van der Waals surface area contributed by atoms with Crippen molar-refractivity contribution in [2.24, 2.45) is 5.84 Å². The SMILES string of the molecule is NNc1ncc(F)c(NC2CCC2)n1. The van der Waals surface area contributed by atoms with E-state index < -0.39 is 5.82 Å². The highest BCUT2D eigenvalue weighted by molar-refractivity contribution is 5.41. The Labute approximate surface area is 80.9 Å². The van der Waals surface area contributed by atoms with Crippen LogP contribution in [0.4, 0.5) is 16.2 Å². The van der Waals surface area contributed by atoms with Crippen molar-refractivity contribution < 1.29 is 4.39 Å². The molecule has 1 fully saturated rings. The van der Waals surface area contributed by atoms with Crippen molar-refractivity contribution in [1.82, 2.24) is 9.97 Å². The molecule has 1 saturated carbocycles. The van der Waals surface area contributed by atoms with Crippen molar-refractivity contribution in [2.75, 3.05) is 10.7 Å². The maximum atomic E-state index is 13.2. The second kappa shape index (κ2) is 3.75. The highest BCUT2D eigenvalue weighted by atomic mass is 19.1. The van der Waals surface area contributed by atoms with Crippen LogP contribution in [-0.2, 0) is 0 Å². The number of nitrogens with one attached hydrogen (secondary N) is 2. The zero-order valence-electron chi connectivity index (χ0n) is 7.63. The van der Waals surface area contributed by atoms with E-state index in [0.717, 1.165) is 19.0 Å². The summed E-state index contributed by atoms with van der Waals surface area (Å²) in [7, 11) is 0. The Hall–Kier alpha value is -1.43. The third-order valence-corrected chi connectivity index (χ3v) is 2.32. The van der Waals surface area contributed by atoms with Gasteiger partial charge in [-0.3, -0.25) is 5.43 Å². The Morgan fingerprint density at radius 2 is 2.29 bits per heavy atom. The lowest BCUT2D eigenvalue weighted by molar-refractivity contribution is 0.441. The van der Waals surface area contributed by atoms with Crippen LogP contribution in [0.25, 0.3) is 0 Å². The standard InChI is InChI=1S/C8H12FN5/c9-6-4-11-8(14-10)13-7(6)12-5-2-1-3-5/h4-5H,1-3,10H2,(H2,11,12,13,14). The fourth-order valence-electron chi connectivity index (χ4n) is 1.28. The van der Waals surface area contributed by atoms with Gasteiger partial charge in [0.25, 0.3) is 0 Å². The van der Waals surface area contributed by atoms with Crippen LogP contribution < -0.4 is 16.6 Å². The largest absolute Gasteiger partial charge is 0.365 e. The van der Waals surface area contributed by atoms with Crippen molar-refractivity contribution in [3.8, 4) is 0 Å². The van der Waals surface area contributed by atoms with Crippen molar-refractivity contribution in [3.05, 3.63) is 12.0 Å². The lowest BCUT2D eigenvalue weighted by atomic mass is 9.93. The molecule has 0 radical (unpaired) electrons. The molecule has 4 N–H and O–H groups in total. The molecule has 0 unspecified atom stereocenters. The fourth-order valence-corrected chi connectivity index (χ4v) is 1.28. The van der Waals surface area contributed by atoms with Crippen LogP contribution in [0, 0.1) is 5.82 Å². The molecule has 1 aromatic rings. The number of nitrogens with zero attached hydrogens (tertiary/aromatic N) is 2. The molecule has 5 nitrogen and oxygen atoms in total. The van der Waals surface area contributed by atoms with Crippen LogP contribution in [0.2, 0.25) is 0 Å². The van der Waals surface area contributed by atoms with Crippen molar-refractivity contribution in [2.45, 2.75) is 25.3 Å². The highest BCUT2D eigenvalue weighted by Gasteiger charge is 2.19. The van der Waals surface area contributed by atoms with E-state index in [0.29, 0.717) is 6.04 Å². The molecule has 1 aliphatic carbocycles. The van der Waals surface area contributed by atoms with Crippen LogP contribution in [0.1, 0.15) is 19.3 Å². The molecule has 0 aromatic carbocycles. The molecule has 1 aromatic heterocycles. The number of halogens is 1. The number of nitrogens with two attached hydrogens (primary N) is 1. The first-order valence-electron chi connectivity index (χ1n) is 4.55. The van der Waals surface area contributed by atoms with E-state index in [1.54, 1.807) is 0 Å². The number of anilines is 2. The lowest BCUT2D eigenvalue weighted by Crippen LogP contribution is -2.28. The summed E-state index contributed by atoms with van der Waals surface area (Å²) in [5.74, 6) is 5.11. The first kappa shape index (κ1) is 9.14. The van der Waals surface area contributed by atoms with Gasteiger partial charge in [0.2, 0.25) is 5.95 Å². The fraction of sp³-hybridized carbons (Fsp3) is 0.500. The first-order chi connectivity index (χ1) is 6.79. The molecule has 0 atom stereocenters. The Balaban J connectivity index is 2.13. The van der Waals surface area contributed by atoms with Gasteiger partial charge in [0.1, 0.15) is 0 Å². The predicted molar refractivity (Wildman–Crippen MR) is 51.1 cm³/mol. The first-order valence-corrected chi connectivity index (χ1v) is 4.55. The van der Waals surface area contributed by atoms with E-state index in [1.807, 2.05) is 0 Å². The summed E-state index contributed by atoms with van der Waals surface area (Å²) >= 11 is 0. The van der Waals surface area contributed by atoms with E-state index in [9.17, 15) is 4.39 Å². The average Bonchev–Trinajstić information content (AvgIpc) is 2.14. The maximum absolute atomic E-state index is 13.2. The molecule has 0 aliphatic heterocycles. The molecular formula is C8H12FN5. The molecule has 0 bridgehead atoms. The molecule has 0 amide bonds. The molecule has 1 aliphatic rings. The second-order valence-electron chi connectivity index (χ2n) is 3.31. The molecule has 0 spiro atoms. The summed E-state index contributed by atoms with van der Waals surface area (Å²) in [4.78, 5) is 7.53. The number of rotatable bonds is 3. The molecule has 6 heteroatoms. The minimum absolute atomic E-state index is 0.216. The second-order valence-corrected chi connectivity index (χ2v) is 3.31. The summed E-state index contributed by atoms with van der Waals surface area (Å²) in [5, 5.41) is 3.00. The van der Waals surface area contributed by atoms with Gasteiger partial charge >= 0.3 is 0 Å². The minimum Gasteiger partial charge on any atom is -0.365 e. The number of hydrogen-bond acceptors (Lipinski definition) is 5. The van der Waals surface area contributed by atoms with Gasteiger partial charge in [-0.1, -0.05) is 0 Å². The van der Waals surface area contributed by atoms with E-state index in [-0.39, 0.29) is 11.8 Å². The van der Waals surface area contributed by atoms with Crippen LogP contribution in [0.15, 0.2) is 6.20 Å². The van der Waals surface area contributed by atoms with Gasteiger partial charge < -0.3 is 5.32 Å². The number of nitrogen functional groups attached to an aromatic ring is 1. The summed E-state index contributed by atoms with van der Waals surface area (Å²) < 4.78 is 13.2. The molecular weight excluding hydrogens is 185 g/mol. The summed E-state index contributed by atoms with van der Waals surface area (Å²) in [6, 6.07) is 0.338. The van der Waals surface area contributed by atoms with E-state index in [2.05, 4.69) is 20.7 Å². The van der Waals surface area contributed by atoms with Gasteiger partial charge in [-0.15, -0.1) is 0 Å². The number of aromatic nitrogens is 2. The van der Waals surface area contributed by atoms with Crippen molar-refractivity contribution >= 4 is 11.8 Å². The Morgan fingerprint density at radius 3 is 2.86 bits per heavy atom. The lowest BCUT2D eigenvalue weighted by Gasteiger charge is -2.26. The van der Waals surface area contributed by atoms with Crippen LogP contribution in [0.5, 0.6) is 0 Å². The maximum Gasteiger partial charge on any atom is 0.239 e. The Kier molecular flexibility index (Phi) is 2.45. The summed E-state index contributed by atoms with van der Waals surface area (Å²) in [5.41, 5.74) is 2.27. The van der Waals surface area contributed by atoms with Gasteiger partial charge in [-0.05, 0) is 19.3 Å². The quantitative estimate of drug-likeness (QED) is 0.495. The zero-order valence-corrected chi connectivity index (χ0v) is 7.63. The van der Waals surface area contributed by atoms with Crippen LogP contribution >= 0.6 is 0 Å². The molecule has 1 heterocycles. The number of hydrogen-bond donors (Lipinski definition) is 3. The van der Waals surface area contributed by atoms with E-state index >= 15 is 0 Å². The van der Waals surface area contributed by atoms with Crippen LogP contribution in [-0.4, -0.2) is 16.0 Å². The normalized spacial score (nSPS) is 16.1. The summed E-state index contributed by atoms with van der Waals surface area (Å²) in [6.45, 7) is 0. The highest BCUT2D eigenvalue weighted by Crippen LogP contribution is 2.23. The van der Waals surface area contributed by atoms with E-state index in [4.69, 9.17) is 5.84 Å². The van der Waals surface area contributed by atoms with Gasteiger partial charge in [0.15, 0.2) is 11.6 Å². The van der Waals surface area contributed by atoms with Gasteiger partial charge in [-0.25, -0.2) is 15.2 Å². The minimum atomic E-state index is -0.448. The van der Waals surface area contributed by atoms with E-state index in [1.165, 1.54) is 6.42 Å². The predicted octanol–water partition coefficient (Wildman–Crippen LogP) is 0.866.